The maximum absolute atomic E-state index is 13.9. The van der Waals surface area contributed by atoms with Gasteiger partial charge in [-0.25, -0.2) is 14.0 Å². The number of anilines is 1. The molecule has 33 heavy (non-hydrogen) atoms. The van der Waals surface area contributed by atoms with Crippen LogP contribution in [0, 0.1) is 5.82 Å². The van der Waals surface area contributed by atoms with E-state index < -0.39 is 23.3 Å². The fourth-order valence-electron chi connectivity index (χ4n) is 5.28. The number of aliphatic hydroxyl groups excluding tert-OH is 1. The molecule has 0 amide bonds. The maximum atomic E-state index is 13.9. The lowest BCUT2D eigenvalue weighted by Crippen LogP contribution is -2.47. The summed E-state index contributed by atoms with van der Waals surface area (Å²) < 4.78 is 26.6. The van der Waals surface area contributed by atoms with Gasteiger partial charge in [0.05, 0.1) is 22.8 Å². The molecular weight excluding hydrogens is 431 g/mol. The van der Waals surface area contributed by atoms with Crippen molar-refractivity contribution in [1.29, 1.82) is 0 Å². The van der Waals surface area contributed by atoms with Crippen LogP contribution in [0.25, 0.3) is 22.6 Å². The van der Waals surface area contributed by atoms with Crippen molar-refractivity contribution in [2.75, 3.05) is 5.73 Å². The molecule has 4 atom stereocenters. The van der Waals surface area contributed by atoms with Crippen molar-refractivity contribution in [3.8, 4) is 11.5 Å². The molecule has 11 heteroatoms. The van der Waals surface area contributed by atoms with Crippen molar-refractivity contribution in [3.05, 3.63) is 53.6 Å². The molecule has 0 saturated heterocycles. The number of benzene rings is 1. The average Bonchev–Trinajstić information content (AvgIpc) is 3.43. The molecular formula is C22H21FN6O4. The summed E-state index contributed by atoms with van der Waals surface area (Å²) in [4.78, 5) is 8.99. The highest BCUT2D eigenvalue weighted by Gasteiger charge is 2.57. The zero-order valence-corrected chi connectivity index (χ0v) is 17.6. The van der Waals surface area contributed by atoms with E-state index >= 15 is 0 Å². The minimum atomic E-state index is -1.55. The van der Waals surface area contributed by atoms with Crippen molar-refractivity contribution in [2.45, 2.75) is 49.7 Å². The van der Waals surface area contributed by atoms with E-state index in [1.807, 2.05) is 4.57 Å². The van der Waals surface area contributed by atoms with E-state index in [1.54, 1.807) is 31.3 Å². The molecule has 1 spiro atoms. The van der Waals surface area contributed by atoms with Crippen LogP contribution in [0.15, 0.2) is 41.2 Å². The van der Waals surface area contributed by atoms with Crippen LogP contribution in [-0.4, -0.2) is 41.2 Å². The second kappa shape index (κ2) is 6.80. The Morgan fingerprint density at radius 1 is 1.27 bits per heavy atom. The SMILES string of the molecule is CC1(O)O[C@]2(CC[C@H](n3c(-c4nonc4N)nc4cc(F)ccc43)C[C@H]2O)c2ncccc21. The Hall–Kier alpha value is -3.41. The molecule has 0 bridgehead atoms. The summed E-state index contributed by atoms with van der Waals surface area (Å²) in [5.74, 6) is -1.53. The van der Waals surface area contributed by atoms with Crippen LogP contribution in [-0.2, 0) is 16.1 Å². The molecule has 4 N–H and O–H groups in total. The van der Waals surface area contributed by atoms with Gasteiger partial charge in [-0.3, -0.25) is 4.98 Å². The maximum Gasteiger partial charge on any atom is 0.199 e. The number of rotatable bonds is 2. The summed E-state index contributed by atoms with van der Waals surface area (Å²) >= 11 is 0. The molecule has 1 unspecified atom stereocenters. The molecule has 6 rings (SSSR count). The van der Waals surface area contributed by atoms with Gasteiger partial charge in [-0.05, 0) is 54.7 Å². The summed E-state index contributed by atoms with van der Waals surface area (Å²) in [6.45, 7) is 1.55. The Kier molecular flexibility index (Phi) is 4.16. The van der Waals surface area contributed by atoms with Gasteiger partial charge >= 0.3 is 0 Å². The third-order valence-electron chi connectivity index (χ3n) is 6.71. The Bertz CT molecular complexity index is 1380. The number of aromatic nitrogens is 5. The first-order valence-corrected chi connectivity index (χ1v) is 10.6. The van der Waals surface area contributed by atoms with Gasteiger partial charge in [-0.15, -0.1) is 0 Å². The van der Waals surface area contributed by atoms with E-state index in [0.717, 1.165) is 0 Å². The zero-order valence-electron chi connectivity index (χ0n) is 17.6. The van der Waals surface area contributed by atoms with Gasteiger partial charge in [0, 0.05) is 23.9 Å². The van der Waals surface area contributed by atoms with E-state index in [2.05, 4.69) is 20.3 Å². The lowest BCUT2D eigenvalue weighted by atomic mass is 9.77. The fourth-order valence-corrected chi connectivity index (χ4v) is 5.28. The number of nitrogens with zero attached hydrogens (tertiary/aromatic N) is 5. The lowest BCUT2D eigenvalue weighted by molar-refractivity contribution is -0.282. The average molecular weight is 452 g/mol. The van der Waals surface area contributed by atoms with Gasteiger partial charge in [0.1, 0.15) is 11.4 Å². The summed E-state index contributed by atoms with van der Waals surface area (Å²) in [5, 5.41) is 29.7. The molecule has 1 aliphatic heterocycles. The molecule has 1 fully saturated rings. The number of halogens is 1. The topological polar surface area (TPSA) is 145 Å². The predicted molar refractivity (Wildman–Crippen MR) is 113 cm³/mol. The Morgan fingerprint density at radius 3 is 2.88 bits per heavy atom. The van der Waals surface area contributed by atoms with Crippen molar-refractivity contribution >= 4 is 16.9 Å². The highest BCUT2D eigenvalue weighted by Crippen LogP contribution is 2.54. The van der Waals surface area contributed by atoms with Crippen LogP contribution >= 0.6 is 0 Å². The number of pyridine rings is 1. The van der Waals surface area contributed by atoms with E-state index in [1.165, 1.54) is 12.1 Å². The molecule has 4 heterocycles. The number of ether oxygens (including phenoxy) is 1. The summed E-state index contributed by atoms with van der Waals surface area (Å²) in [5.41, 5.74) is 7.23. The third kappa shape index (κ3) is 2.82. The van der Waals surface area contributed by atoms with Gasteiger partial charge in [0.2, 0.25) is 0 Å². The number of nitrogens with two attached hydrogens (primary N) is 1. The van der Waals surface area contributed by atoms with Crippen molar-refractivity contribution in [3.63, 3.8) is 0 Å². The third-order valence-corrected chi connectivity index (χ3v) is 6.71. The molecule has 2 aliphatic rings. The number of hydrogen-bond donors (Lipinski definition) is 3. The van der Waals surface area contributed by atoms with Crippen LogP contribution in [0.1, 0.15) is 43.5 Å². The standard InChI is InChI=1S/C22H21FN6O4/c1-21(31)13-3-2-8-25-18(13)22(32-21)7-6-12(10-16(22)30)29-15-5-4-11(23)9-14(15)26-20(29)17-19(24)28-33-27-17/h2-5,8-9,12,16,30-31H,6-7,10H2,1H3,(H2,24,28)/t12-,16+,21?,22-/m0/s1. The molecule has 0 radical (unpaired) electrons. The molecule has 1 aliphatic carbocycles. The molecule has 4 aromatic rings. The van der Waals surface area contributed by atoms with Gasteiger partial charge in [0.25, 0.3) is 0 Å². The first-order valence-electron chi connectivity index (χ1n) is 10.6. The van der Waals surface area contributed by atoms with Crippen LogP contribution in [0.4, 0.5) is 10.2 Å². The van der Waals surface area contributed by atoms with Gasteiger partial charge in [-0.1, -0.05) is 6.07 Å². The summed E-state index contributed by atoms with van der Waals surface area (Å²) in [6.07, 6.45) is 1.88. The molecule has 1 aromatic carbocycles. The predicted octanol–water partition coefficient (Wildman–Crippen LogP) is 2.38. The minimum Gasteiger partial charge on any atom is -0.390 e. The second-order valence-electron chi connectivity index (χ2n) is 8.75. The van der Waals surface area contributed by atoms with Gasteiger partial charge < -0.3 is 25.3 Å². The minimum absolute atomic E-state index is 0.0631. The Labute approximate surface area is 186 Å². The lowest BCUT2D eigenvalue weighted by Gasteiger charge is -2.42. The number of fused-ring (bicyclic) bond motifs is 3. The second-order valence-corrected chi connectivity index (χ2v) is 8.75. The van der Waals surface area contributed by atoms with Crippen LogP contribution < -0.4 is 5.73 Å². The zero-order chi connectivity index (χ0) is 23.0. The van der Waals surface area contributed by atoms with Crippen molar-refractivity contribution < 1.29 is 24.0 Å². The highest BCUT2D eigenvalue weighted by molar-refractivity contribution is 5.82. The molecule has 10 nitrogen and oxygen atoms in total. The fraction of sp³-hybridized carbons (Fsp3) is 0.364. The van der Waals surface area contributed by atoms with E-state index in [-0.39, 0.29) is 24.0 Å². The number of hydrogen-bond acceptors (Lipinski definition) is 9. The number of aliphatic hydroxyl groups is 2. The monoisotopic (exact) mass is 452 g/mol. The molecule has 1 saturated carbocycles. The summed E-state index contributed by atoms with van der Waals surface area (Å²) in [7, 11) is 0. The first kappa shape index (κ1) is 20.2. The largest absolute Gasteiger partial charge is 0.390 e. The van der Waals surface area contributed by atoms with Crippen LogP contribution in [0.5, 0.6) is 0 Å². The number of nitrogen functional groups attached to an aromatic ring is 1. The van der Waals surface area contributed by atoms with Crippen molar-refractivity contribution in [2.24, 2.45) is 0 Å². The van der Waals surface area contributed by atoms with Gasteiger partial charge in [0.15, 0.2) is 23.1 Å². The van der Waals surface area contributed by atoms with Crippen molar-refractivity contribution in [1.82, 2.24) is 24.8 Å². The summed E-state index contributed by atoms with van der Waals surface area (Å²) in [6, 6.07) is 7.56. The van der Waals surface area contributed by atoms with E-state index in [0.29, 0.717) is 41.0 Å². The molecule has 3 aromatic heterocycles. The smallest absolute Gasteiger partial charge is 0.199 e. The Balaban J connectivity index is 1.44. The van der Waals surface area contributed by atoms with Gasteiger partial charge in [-0.2, -0.15) is 0 Å². The normalized spacial score (nSPS) is 29.1. The quantitative estimate of drug-likeness (QED) is 0.417. The highest BCUT2D eigenvalue weighted by atomic mass is 19.1. The van der Waals surface area contributed by atoms with Crippen LogP contribution in [0.3, 0.4) is 0 Å². The van der Waals surface area contributed by atoms with E-state index in [9.17, 15) is 14.6 Å². The van der Waals surface area contributed by atoms with E-state index in [4.69, 9.17) is 15.1 Å². The van der Waals surface area contributed by atoms with Crippen LogP contribution in [0.2, 0.25) is 0 Å². The number of imidazole rings is 1. The Morgan fingerprint density at radius 2 is 2.12 bits per heavy atom. The molecule has 170 valence electrons. The first-order chi connectivity index (χ1) is 15.8.